The summed E-state index contributed by atoms with van der Waals surface area (Å²) >= 11 is 0. The number of sulfonamides is 1. The first-order valence-corrected chi connectivity index (χ1v) is 12.3. The number of hydrogen-bond acceptors (Lipinski definition) is 6. The minimum Gasteiger partial charge on any atom is -0.495 e. The van der Waals surface area contributed by atoms with Crippen molar-refractivity contribution in [2.75, 3.05) is 26.8 Å². The van der Waals surface area contributed by atoms with Gasteiger partial charge in [-0.3, -0.25) is 4.79 Å². The molecular formula is C24H30N2O6S. The van der Waals surface area contributed by atoms with E-state index >= 15 is 0 Å². The van der Waals surface area contributed by atoms with Crippen molar-refractivity contribution in [3.8, 4) is 5.75 Å². The summed E-state index contributed by atoms with van der Waals surface area (Å²) in [5.41, 5.74) is 0.951. The SMILES string of the molecule is COc1ccc(C(=O)OCC(=O)NCc2ccccc2)cc1S(=O)(=O)N1CC(C)CC(C)C1. The van der Waals surface area contributed by atoms with Gasteiger partial charge in [-0.15, -0.1) is 0 Å². The molecule has 1 N–H and O–H groups in total. The van der Waals surface area contributed by atoms with Gasteiger partial charge in [-0.1, -0.05) is 44.2 Å². The van der Waals surface area contributed by atoms with Gasteiger partial charge in [-0.25, -0.2) is 13.2 Å². The van der Waals surface area contributed by atoms with Gasteiger partial charge in [0.05, 0.1) is 12.7 Å². The van der Waals surface area contributed by atoms with E-state index in [0.29, 0.717) is 19.6 Å². The van der Waals surface area contributed by atoms with Crippen molar-refractivity contribution in [1.82, 2.24) is 9.62 Å². The lowest BCUT2D eigenvalue weighted by Crippen LogP contribution is -2.42. The number of amides is 1. The average molecular weight is 475 g/mol. The maximum Gasteiger partial charge on any atom is 0.338 e. The van der Waals surface area contributed by atoms with Gasteiger partial charge in [0.25, 0.3) is 5.91 Å². The van der Waals surface area contributed by atoms with Gasteiger partial charge in [-0.05, 0) is 42.0 Å². The van der Waals surface area contributed by atoms with E-state index in [1.807, 2.05) is 44.2 Å². The largest absolute Gasteiger partial charge is 0.495 e. The molecule has 1 heterocycles. The molecule has 1 fully saturated rings. The Morgan fingerprint density at radius 3 is 2.36 bits per heavy atom. The highest BCUT2D eigenvalue weighted by atomic mass is 32.2. The van der Waals surface area contributed by atoms with E-state index in [0.717, 1.165) is 12.0 Å². The minimum absolute atomic E-state index is 0.0309. The maximum absolute atomic E-state index is 13.3. The second-order valence-electron chi connectivity index (χ2n) is 8.47. The third-order valence-corrected chi connectivity index (χ3v) is 7.37. The Bertz CT molecular complexity index is 1080. The fourth-order valence-corrected chi connectivity index (χ4v) is 5.87. The molecule has 8 nitrogen and oxygen atoms in total. The number of methoxy groups -OCH3 is 1. The summed E-state index contributed by atoms with van der Waals surface area (Å²) in [6.45, 7) is 4.70. The van der Waals surface area contributed by atoms with Crippen LogP contribution in [-0.4, -0.2) is 51.4 Å². The monoisotopic (exact) mass is 474 g/mol. The minimum atomic E-state index is -3.88. The number of hydrogen-bond donors (Lipinski definition) is 1. The van der Waals surface area contributed by atoms with Crippen molar-refractivity contribution in [3.05, 3.63) is 59.7 Å². The van der Waals surface area contributed by atoms with E-state index in [-0.39, 0.29) is 28.0 Å². The molecular weight excluding hydrogens is 444 g/mol. The predicted octanol–water partition coefficient (Wildman–Crippen LogP) is 2.84. The Balaban J connectivity index is 1.69. The molecule has 2 aromatic carbocycles. The molecule has 0 bridgehead atoms. The second kappa shape index (κ2) is 10.8. The Kier molecular flexibility index (Phi) is 8.10. The molecule has 2 atom stereocenters. The molecule has 1 aliphatic heterocycles. The standard InChI is InChI=1S/C24H30N2O6S/c1-17-11-18(2)15-26(14-17)33(29,30)22-12-20(9-10-21(22)31-3)24(28)32-16-23(27)25-13-19-7-5-4-6-8-19/h4-10,12,17-18H,11,13-16H2,1-3H3,(H,25,27). The number of ether oxygens (including phenoxy) is 2. The lowest BCUT2D eigenvalue weighted by atomic mass is 9.94. The van der Waals surface area contributed by atoms with Crippen molar-refractivity contribution in [2.45, 2.75) is 31.7 Å². The fraction of sp³-hybridized carbons (Fsp3) is 0.417. The highest BCUT2D eigenvalue weighted by Crippen LogP contribution is 2.32. The van der Waals surface area contributed by atoms with Crippen LogP contribution >= 0.6 is 0 Å². The topological polar surface area (TPSA) is 102 Å². The first kappa shape index (κ1) is 24.7. The van der Waals surface area contributed by atoms with Gasteiger partial charge in [0.1, 0.15) is 10.6 Å². The fourth-order valence-electron chi connectivity index (χ4n) is 4.01. The lowest BCUT2D eigenvalue weighted by Gasteiger charge is -2.34. The number of nitrogens with zero attached hydrogens (tertiary/aromatic N) is 1. The Morgan fingerprint density at radius 2 is 1.73 bits per heavy atom. The predicted molar refractivity (Wildman–Crippen MR) is 123 cm³/mol. The quantitative estimate of drug-likeness (QED) is 0.591. The van der Waals surface area contributed by atoms with Crippen molar-refractivity contribution >= 4 is 21.9 Å². The van der Waals surface area contributed by atoms with E-state index in [2.05, 4.69) is 5.32 Å². The Hall–Kier alpha value is -2.91. The summed E-state index contributed by atoms with van der Waals surface area (Å²) in [6.07, 6.45) is 0.960. The van der Waals surface area contributed by atoms with Gasteiger partial charge in [0.15, 0.2) is 6.61 Å². The van der Waals surface area contributed by atoms with Gasteiger partial charge >= 0.3 is 5.97 Å². The van der Waals surface area contributed by atoms with Gasteiger partial charge in [0, 0.05) is 19.6 Å². The van der Waals surface area contributed by atoms with Gasteiger partial charge < -0.3 is 14.8 Å². The third-order valence-electron chi connectivity index (χ3n) is 5.52. The summed E-state index contributed by atoms with van der Waals surface area (Å²) in [5.74, 6) is -0.624. The number of carbonyl (C=O) groups is 2. The average Bonchev–Trinajstić information content (AvgIpc) is 2.80. The third kappa shape index (κ3) is 6.33. The van der Waals surface area contributed by atoms with Crippen LogP contribution < -0.4 is 10.1 Å². The molecule has 1 aliphatic rings. The molecule has 0 aliphatic carbocycles. The normalized spacial score (nSPS) is 19.0. The van der Waals surface area contributed by atoms with Crippen LogP contribution in [0.5, 0.6) is 5.75 Å². The van der Waals surface area contributed by atoms with Crippen molar-refractivity contribution < 1.29 is 27.5 Å². The number of nitrogens with one attached hydrogen (secondary N) is 1. The molecule has 33 heavy (non-hydrogen) atoms. The van der Waals surface area contributed by atoms with Gasteiger partial charge in [-0.2, -0.15) is 4.31 Å². The smallest absolute Gasteiger partial charge is 0.338 e. The molecule has 178 valence electrons. The summed E-state index contributed by atoms with van der Waals surface area (Å²) in [5, 5.41) is 2.67. The second-order valence-corrected chi connectivity index (χ2v) is 10.4. The van der Waals surface area contributed by atoms with Crippen LogP contribution in [-0.2, 0) is 26.1 Å². The Morgan fingerprint density at radius 1 is 1.06 bits per heavy atom. The summed E-state index contributed by atoms with van der Waals surface area (Å²) in [6, 6.07) is 13.4. The van der Waals surface area contributed by atoms with Crippen LogP contribution in [0.2, 0.25) is 0 Å². The molecule has 2 aromatic rings. The molecule has 0 radical (unpaired) electrons. The number of carbonyl (C=O) groups excluding carboxylic acids is 2. The van der Waals surface area contributed by atoms with Crippen LogP contribution in [0.15, 0.2) is 53.4 Å². The first-order valence-electron chi connectivity index (χ1n) is 10.9. The first-order chi connectivity index (χ1) is 15.7. The van der Waals surface area contributed by atoms with Crippen molar-refractivity contribution in [1.29, 1.82) is 0 Å². The summed E-state index contributed by atoms with van der Waals surface area (Å²) < 4.78 is 38.5. The highest BCUT2D eigenvalue weighted by molar-refractivity contribution is 7.89. The molecule has 1 amide bonds. The highest BCUT2D eigenvalue weighted by Gasteiger charge is 2.34. The van der Waals surface area contributed by atoms with Crippen LogP contribution in [0.3, 0.4) is 0 Å². The van der Waals surface area contributed by atoms with E-state index in [4.69, 9.17) is 9.47 Å². The number of piperidine rings is 1. The summed E-state index contributed by atoms with van der Waals surface area (Å²) in [4.78, 5) is 24.5. The van der Waals surface area contributed by atoms with Crippen LogP contribution in [0.1, 0.15) is 36.2 Å². The van der Waals surface area contributed by atoms with Crippen LogP contribution in [0, 0.1) is 11.8 Å². The number of benzene rings is 2. The number of esters is 1. The van der Waals surface area contributed by atoms with Gasteiger partial charge in [0.2, 0.25) is 10.0 Å². The van der Waals surface area contributed by atoms with Crippen molar-refractivity contribution in [2.24, 2.45) is 11.8 Å². The zero-order valence-electron chi connectivity index (χ0n) is 19.1. The van der Waals surface area contributed by atoms with E-state index < -0.39 is 28.5 Å². The zero-order chi connectivity index (χ0) is 24.0. The summed E-state index contributed by atoms with van der Waals surface area (Å²) in [7, 11) is -2.50. The molecule has 3 rings (SSSR count). The molecule has 0 aromatic heterocycles. The number of rotatable bonds is 8. The van der Waals surface area contributed by atoms with Crippen LogP contribution in [0.25, 0.3) is 0 Å². The van der Waals surface area contributed by atoms with Crippen molar-refractivity contribution in [3.63, 3.8) is 0 Å². The lowest BCUT2D eigenvalue weighted by molar-refractivity contribution is -0.124. The van der Waals surface area contributed by atoms with Crippen LogP contribution in [0.4, 0.5) is 0 Å². The molecule has 0 spiro atoms. The van der Waals surface area contributed by atoms with E-state index in [1.54, 1.807) is 0 Å². The Labute approximate surface area is 194 Å². The molecule has 2 unspecified atom stereocenters. The zero-order valence-corrected chi connectivity index (χ0v) is 19.9. The van der Waals surface area contributed by atoms with E-state index in [1.165, 1.54) is 29.6 Å². The molecule has 0 saturated carbocycles. The molecule has 1 saturated heterocycles. The van der Waals surface area contributed by atoms with E-state index in [9.17, 15) is 18.0 Å². The maximum atomic E-state index is 13.3. The molecule has 9 heteroatoms.